The Hall–Kier alpha value is -2.97. The zero-order valence-corrected chi connectivity index (χ0v) is 19.9. The van der Waals surface area contributed by atoms with E-state index < -0.39 is 47.8 Å². The van der Waals surface area contributed by atoms with Gasteiger partial charge in [-0.25, -0.2) is 9.18 Å². The number of ether oxygens (including phenoxy) is 1. The summed E-state index contributed by atoms with van der Waals surface area (Å²) in [5, 5.41) is 5.58. The standard InChI is InChI=1S/C25H32FN3O5/c1-24(2,3)16-10-12-25(13-11-16)22(32)29(23(33)28-25)14-19(30)34-20(21(31)27-18-8-9-18)15-4-6-17(26)7-5-15/h4-7,16,18,20H,8-14H2,1-3H3,(H,27,31)(H,28,33). The van der Waals surface area contributed by atoms with Gasteiger partial charge in [0.1, 0.15) is 17.9 Å². The van der Waals surface area contributed by atoms with Crippen LogP contribution < -0.4 is 10.6 Å². The van der Waals surface area contributed by atoms with Crippen LogP contribution in [0.3, 0.4) is 0 Å². The van der Waals surface area contributed by atoms with Crippen molar-refractivity contribution in [2.24, 2.45) is 11.3 Å². The van der Waals surface area contributed by atoms with Gasteiger partial charge in [0.15, 0.2) is 0 Å². The molecule has 1 unspecified atom stereocenters. The molecule has 4 rings (SSSR count). The van der Waals surface area contributed by atoms with E-state index in [2.05, 4.69) is 31.4 Å². The van der Waals surface area contributed by atoms with Crippen molar-refractivity contribution in [3.8, 4) is 0 Å². The van der Waals surface area contributed by atoms with Gasteiger partial charge in [-0.1, -0.05) is 32.9 Å². The van der Waals surface area contributed by atoms with Crippen LogP contribution in [0.2, 0.25) is 0 Å². The van der Waals surface area contributed by atoms with Gasteiger partial charge >= 0.3 is 12.0 Å². The fourth-order valence-electron chi connectivity index (χ4n) is 4.85. The van der Waals surface area contributed by atoms with Crippen molar-refractivity contribution in [3.05, 3.63) is 35.6 Å². The van der Waals surface area contributed by atoms with Crippen molar-refractivity contribution < 1.29 is 28.3 Å². The van der Waals surface area contributed by atoms with E-state index in [-0.39, 0.29) is 11.5 Å². The maximum atomic E-state index is 13.4. The summed E-state index contributed by atoms with van der Waals surface area (Å²) < 4.78 is 18.8. The average molecular weight is 474 g/mol. The summed E-state index contributed by atoms with van der Waals surface area (Å²) in [5.41, 5.74) is -0.562. The quantitative estimate of drug-likeness (QED) is 0.488. The topological polar surface area (TPSA) is 105 Å². The Kier molecular flexibility index (Phi) is 6.40. The number of rotatable bonds is 6. The van der Waals surface area contributed by atoms with Gasteiger partial charge in [-0.2, -0.15) is 0 Å². The lowest BCUT2D eigenvalue weighted by atomic mass is 9.67. The number of nitrogens with one attached hydrogen (secondary N) is 2. The van der Waals surface area contributed by atoms with Crippen LogP contribution >= 0.6 is 0 Å². The highest BCUT2D eigenvalue weighted by atomic mass is 19.1. The van der Waals surface area contributed by atoms with E-state index in [0.717, 1.165) is 30.6 Å². The van der Waals surface area contributed by atoms with Crippen LogP contribution in [0.4, 0.5) is 9.18 Å². The molecule has 34 heavy (non-hydrogen) atoms. The number of hydrogen-bond acceptors (Lipinski definition) is 5. The van der Waals surface area contributed by atoms with Crippen molar-refractivity contribution in [3.63, 3.8) is 0 Å². The lowest BCUT2D eigenvalue weighted by molar-refractivity contribution is -0.158. The van der Waals surface area contributed by atoms with Crippen molar-refractivity contribution in [1.29, 1.82) is 0 Å². The third-order valence-corrected chi connectivity index (χ3v) is 7.18. The van der Waals surface area contributed by atoms with Gasteiger partial charge < -0.3 is 15.4 Å². The summed E-state index contributed by atoms with van der Waals surface area (Å²) >= 11 is 0. The first kappa shape index (κ1) is 24.2. The Bertz CT molecular complexity index is 975. The van der Waals surface area contributed by atoms with Gasteiger partial charge in [-0.15, -0.1) is 0 Å². The number of carbonyl (C=O) groups is 4. The maximum absolute atomic E-state index is 13.4. The van der Waals surface area contributed by atoms with E-state index >= 15 is 0 Å². The Balaban J connectivity index is 1.42. The van der Waals surface area contributed by atoms with Gasteiger partial charge in [-0.3, -0.25) is 19.3 Å². The van der Waals surface area contributed by atoms with Gasteiger partial charge in [0.25, 0.3) is 11.8 Å². The molecular formula is C25H32FN3O5. The van der Waals surface area contributed by atoms with Crippen LogP contribution in [0.1, 0.15) is 71.0 Å². The molecule has 0 bridgehead atoms. The molecule has 1 atom stereocenters. The van der Waals surface area contributed by atoms with Crippen LogP contribution in [0.25, 0.3) is 0 Å². The number of esters is 1. The minimum absolute atomic E-state index is 0.0307. The summed E-state index contributed by atoms with van der Waals surface area (Å²) in [5.74, 6) is -1.87. The zero-order valence-electron chi connectivity index (χ0n) is 19.9. The van der Waals surface area contributed by atoms with Gasteiger partial charge in [-0.05, 0) is 62.0 Å². The Morgan fingerprint density at radius 3 is 2.32 bits per heavy atom. The third-order valence-electron chi connectivity index (χ3n) is 7.18. The molecule has 1 aliphatic heterocycles. The van der Waals surface area contributed by atoms with E-state index in [1.807, 2.05) is 0 Å². The number of urea groups is 1. The van der Waals surface area contributed by atoms with E-state index in [1.54, 1.807) is 0 Å². The molecule has 1 saturated heterocycles. The highest BCUT2D eigenvalue weighted by Crippen LogP contribution is 2.43. The summed E-state index contributed by atoms with van der Waals surface area (Å²) in [6.07, 6.45) is 3.04. The molecular weight excluding hydrogens is 441 g/mol. The van der Waals surface area contributed by atoms with Gasteiger partial charge in [0, 0.05) is 11.6 Å². The molecule has 9 heteroatoms. The van der Waals surface area contributed by atoms with Crippen molar-refractivity contribution >= 4 is 23.8 Å². The smallest absolute Gasteiger partial charge is 0.327 e. The monoisotopic (exact) mass is 473 g/mol. The SMILES string of the molecule is CC(C)(C)C1CCC2(CC1)NC(=O)N(CC(=O)OC(C(=O)NC1CC1)c1ccc(F)cc1)C2=O. The van der Waals surface area contributed by atoms with E-state index in [9.17, 15) is 23.6 Å². The van der Waals surface area contributed by atoms with Crippen LogP contribution in [0.15, 0.2) is 24.3 Å². The summed E-state index contributed by atoms with van der Waals surface area (Å²) in [4.78, 5) is 52.1. The molecule has 184 valence electrons. The van der Waals surface area contributed by atoms with Crippen LogP contribution in [-0.4, -0.2) is 46.8 Å². The second-order valence-electron chi connectivity index (χ2n) is 10.7. The first-order valence-electron chi connectivity index (χ1n) is 11.9. The van der Waals surface area contributed by atoms with Crippen LogP contribution in [0.5, 0.6) is 0 Å². The Morgan fingerprint density at radius 1 is 1.15 bits per heavy atom. The zero-order chi connectivity index (χ0) is 24.7. The lowest BCUT2D eigenvalue weighted by Gasteiger charge is -2.40. The molecule has 1 spiro atoms. The maximum Gasteiger partial charge on any atom is 0.327 e. The molecule has 1 aromatic rings. The number of nitrogens with zero attached hydrogens (tertiary/aromatic N) is 1. The lowest BCUT2D eigenvalue weighted by Crippen LogP contribution is -2.50. The molecule has 1 aromatic carbocycles. The molecule has 4 amide bonds. The summed E-state index contributed by atoms with van der Waals surface area (Å²) in [6.45, 7) is 5.92. The molecule has 2 saturated carbocycles. The predicted octanol–water partition coefficient (Wildman–Crippen LogP) is 3.22. The van der Waals surface area contributed by atoms with E-state index in [4.69, 9.17) is 4.74 Å². The second kappa shape index (κ2) is 9.00. The molecule has 0 radical (unpaired) electrons. The number of amides is 4. The minimum atomic E-state index is -1.30. The highest BCUT2D eigenvalue weighted by Gasteiger charge is 2.53. The number of carbonyl (C=O) groups excluding carboxylic acids is 4. The molecule has 0 aromatic heterocycles. The Morgan fingerprint density at radius 2 is 1.76 bits per heavy atom. The first-order chi connectivity index (χ1) is 16.0. The third kappa shape index (κ3) is 5.08. The highest BCUT2D eigenvalue weighted by molar-refractivity contribution is 6.08. The fourth-order valence-corrected chi connectivity index (χ4v) is 4.85. The normalized spacial score (nSPS) is 25.8. The van der Waals surface area contributed by atoms with Gasteiger partial charge in [0.05, 0.1) is 0 Å². The molecule has 3 aliphatic rings. The van der Waals surface area contributed by atoms with E-state index in [1.165, 1.54) is 24.3 Å². The van der Waals surface area contributed by atoms with Crippen LogP contribution in [-0.2, 0) is 19.1 Å². The number of benzene rings is 1. The van der Waals surface area contributed by atoms with Crippen molar-refractivity contribution in [2.45, 2.75) is 77.0 Å². The largest absolute Gasteiger partial charge is 0.446 e. The average Bonchev–Trinajstić information content (AvgIpc) is 3.56. The van der Waals surface area contributed by atoms with Crippen molar-refractivity contribution in [1.82, 2.24) is 15.5 Å². The molecule has 8 nitrogen and oxygen atoms in total. The number of imide groups is 1. The summed E-state index contributed by atoms with van der Waals surface area (Å²) in [6, 6.07) is 4.50. The second-order valence-corrected chi connectivity index (χ2v) is 10.7. The van der Waals surface area contributed by atoms with Crippen LogP contribution in [0, 0.1) is 17.2 Å². The Labute approximate surface area is 198 Å². The number of hydrogen-bond donors (Lipinski definition) is 2. The summed E-state index contributed by atoms with van der Waals surface area (Å²) in [7, 11) is 0. The van der Waals surface area contributed by atoms with E-state index in [0.29, 0.717) is 24.3 Å². The number of halogens is 1. The minimum Gasteiger partial charge on any atom is -0.446 e. The van der Waals surface area contributed by atoms with Crippen molar-refractivity contribution in [2.75, 3.05) is 6.54 Å². The molecule has 1 heterocycles. The fraction of sp³-hybridized carbons (Fsp3) is 0.600. The molecule has 2 N–H and O–H groups in total. The first-order valence-corrected chi connectivity index (χ1v) is 11.9. The molecule has 3 fully saturated rings. The predicted molar refractivity (Wildman–Crippen MR) is 121 cm³/mol. The van der Waals surface area contributed by atoms with Gasteiger partial charge in [0.2, 0.25) is 6.10 Å². The molecule has 2 aliphatic carbocycles.